The zero-order chi connectivity index (χ0) is 20.8. The molecule has 29 heavy (non-hydrogen) atoms. The number of rotatable bonds is 5. The number of carbonyl (C=O) groups excluding carboxylic acids is 1. The van der Waals surface area contributed by atoms with Gasteiger partial charge in [-0.3, -0.25) is 10.1 Å². The summed E-state index contributed by atoms with van der Waals surface area (Å²) in [6.07, 6.45) is 2.87. The first-order chi connectivity index (χ1) is 13.9. The Morgan fingerprint density at radius 2 is 1.86 bits per heavy atom. The second-order valence-electron chi connectivity index (χ2n) is 5.83. The molecule has 148 valence electrons. The third-order valence-corrected chi connectivity index (χ3v) is 4.56. The van der Waals surface area contributed by atoms with Crippen LogP contribution >= 0.6 is 35.4 Å². The van der Waals surface area contributed by atoms with E-state index in [1.165, 1.54) is 6.08 Å². The lowest BCUT2D eigenvalue weighted by Gasteiger charge is -2.08. The summed E-state index contributed by atoms with van der Waals surface area (Å²) in [5, 5.41) is 6.69. The molecule has 1 aromatic heterocycles. The van der Waals surface area contributed by atoms with Crippen molar-refractivity contribution in [2.75, 3.05) is 12.4 Å². The van der Waals surface area contributed by atoms with E-state index < -0.39 is 5.91 Å². The second kappa shape index (κ2) is 9.60. The molecule has 0 aliphatic carbocycles. The van der Waals surface area contributed by atoms with Crippen molar-refractivity contribution in [1.29, 1.82) is 0 Å². The number of hydrogen-bond acceptors (Lipinski definition) is 4. The molecule has 2 aromatic carbocycles. The average Bonchev–Trinajstić information content (AvgIpc) is 3.15. The second-order valence-corrected chi connectivity index (χ2v) is 7.08. The third-order valence-electron chi connectivity index (χ3n) is 3.81. The molecule has 8 heteroatoms. The molecule has 3 aromatic rings. The maximum atomic E-state index is 12.1. The Bertz CT molecular complexity index is 1060. The van der Waals surface area contributed by atoms with E-state index in [0.717, 1.165) is 11.4 Å². The predicted octanol–water partition coefficient (Wildman–Crippen LogP) is 5.79. The zero-order valence-electron chi connectivity index (χ0n) is 15.2. The van der Waals surface area contributed by atoms with Crippen LogP contribution < -0.4 is 15.4 Å². The molecule has 0 bridgehead atoms. The molecule has 0 atom stereocenters. The standard InChI is InChI=1S/C21H16Cl2N2O3S/c1-27-15-5-3-14(4-6-15)24-21(29)25-20(26)11-8-16-7-10-19(28-16)17-9-2-13(22)12-18(17)23/h2-12H,1H3,(H2,24,25,26,29)/b11-8+. The summed E-state index contributed by atoms with van der Waals surface area (Å²) in [6, 6.07) is 15.8. The number of methoxy groups -OCH3 is 1. The monoisotopic (exact) mass is 446 g/mol. The van der Waals surface area contributed by atoms with E-state index >= 15 is 0 Å². The molecule has 0 spiro atoms. The van der Waals surface area contributed by atoms with Crippen LogP contribution in [0.2, 0.25) is 10.0 Å². The largest absolute Gasteiger partial charge is 0.497 e. The van der Waals surface area contributed by atoms with Gasteiger partial charge in [-0.15, -0.1) is 0 Å². The van der Waals surface area contributed by atoms with Gasteiger partial charge in [0.25, 0.3) is 0 Å². The van der Waals surface area contributed by atoms with Crippen molar-refractivity contribution in [2.24, 2.45) is 0 Å². The average molecular weight is 447 g/mol. The van der Waals surface area contributed by atoms with Gasteiger partial charge in [-0.1, -0.05) is 23.2 Å². The molecular formula is C21H16Cl2N2O3S. The van der Waals surface area contributed by atoms with Crippen molar-refractivity contribution in [3.8, 4) is 17.1 Å². The van der Waals surface area contributed by atoms with Crippen LogP contribution in [0.5, 0.6) is 5.75 Å². The highest BCUT2D eigenvalue weighted by Crippen LogP contribution is 2.31. The Morgan fingerprint density at radius 1 is 1.10 bits per heavy atom. The zero-order valence-corrected chi connectivity index (χ0v) is 17.6. The summed E-state index contributed by atoms with van der Waals surface area (Å²) in [7, 11) is 1.59. The van der Waals surface area contributed by atoms with Gasteiger partial charge in [0, 0.05) is 22.3 Å². The molecule has 5 nitrogen and oxygen atoms in total. The van der Waals surface area contributed by atoms with Crippen molar-refractivity contribution in [3.05, 3.63) is 76.5 Å². The van der Waals surface area contributed by atoms with E-state index in [4.69, 9.17) is 44.6 Å². The van der Waals surface area contributed by atoms with Gasteiger partial charge in [-0.25, -0.2) is 0 Å². The Labute approximate surface area is 183 Å². The SMILES string of the molecule is COc1ccc(NC(=S)NC(=O)/C=C/c2ccc(-c3ccc(Cl)cc3Cl)o2)cc1. The Kier molecular flexibility index (Phi) is 6.93. The Balaban J connectivity index is 1.57. The van der Waals surface area contributed by atoms with Gasteiger partial charge in [-0.2, -0.15) is 0 Å². The summed E-state index contributed by atoms with van der Waals surface area (Å²) in [5.74, 6) is 1.41. The lowest BCUT2D eigenvalue weighted by Crippen LogP contribution is -2.32. The number of halogens is 2. The highest BCUT2D eigenvalue weighted by Gasteiger charge is 2.09. The third kappa shape index (κ3) is 5.84. The molecule has 1 heterocycles. The van der Waals surface area contributed by atoms with E-state index in [2.05, 4.69) is 10.6 Å². The van der Waals surface area contributed by atoms with E-state index in [-0.39, 0.29) is 5.11 Å². The van der Waals surface area contributed by atoms with Crippen LogP contribution in [0.25, 0.3) is 17.4 Å². The molecule has 0 unspecified atom stereocenters. The maximum absolute atomic E-state index is 12.1. The highest BCUT2D eigenvalue weighted by molar-refractivity contribution is 7.80. The maximum Gasteiger partial charge on any atom is 0.250 e. The van der Waals surface area contributed by atoms with E-state index in [1.54, 1.807) is 67.8 Å². The van der Waals surface area contributed by atoms with Crippen LogP contribution in [0, 0.1) is 0 Å². The molecular weight excluding hydrogens is 431 g/mol. The minimum atomic E-state index is -0.390. The topological polar surface area (TPSA) is 63.5 Å². The quantitative estimate of drug-likeness (QED) is 0.383. The molecule has 0 fully saturated rings. The van der Waals surface area contributed by atoms with Crippen LogP contribution in [-0.2, 0) is 4.79 Å². The van der Waals surface area contributed by atoms with Gasteiger partial charge >= 0.3 is 0 Å². The fourth-order valence-corrected chi connectivity index (χ4v) is 3.14. The van der Waals surface area contributed by atoms with E-state index in [9.17, 15) is 4.79 Å². The van der Waals surface area contributed by atoms with Crippen molar-refractivity contribution >= 4 is 58.2 Å². The number of furan rings is 1. The Morgan fingerprint density at radius 3 is 2.55 bits per heavy atom. The number of ether oxygens (including phenoxy) is 1. The fraction of sp³-hybridized carbons (Fsp3) is 0.0476. The number of carbonyl (C=O) groups is 1. The van der Waals surface area contributed by atoms with Crippen LogP contribution in [0.4, 0.5) is 5.69 Å². The lowest BCUT2D eigenvalue weighted by atomic mass is 10.2. The minimum absolute atomic E-state index is 0.179. The highest BCUT2D eigenvalue weighted by atomic mass is 35.5. The molecule has 3 rings (SSSR count). The number of amides is 1. The van der Waals surface area contributed by atoms with Crippen LogP contribution in [0.1, 0.15) is 5.76 Å². The number of benzene rings is 2. The molecule has 0 saturated heterocycles. The molecule has 0 radical (unpaired) electrons. The minimum Gasteiger partial charge on any atom is -0.497 e. The predicted molar refractivity (Wildman–Crippen MR) is 121 cm³/mol. The van der Waals surface area contributed by atoms with Crippen LogP contribution in [0.15, 0.2) is 65.1 Å². The first-order valence-corrected chi connectivity index (χ1v) is 9.60. The summed E-state index contributed by atoms with van der Waals surface area (Å²) < 4.78 is 10.8. The van der Waals surface area contributed by atoms with Gasteiger partial charge in [0.05, 0.1) is 12.1 Å². The number of anilines is 1. The normalized spacial score (nSPS) is 10.7. The van der Waals surface area contributed by atoms with Crippen LogP contribution in [0.3, 0.4) is 0 Å². The first-order valence-electron chi connectivity index (χ1n) is 8.44. The number of thiocarbonyl (C=S) groups is 1. The first kappa shape index (κ1) is 20.9. The van der Waals surface area contributed by atoms with Gasteiger partial charge in [0.1, 0.15) is 17.3 Å². The molecule has 1 amide bonds. The number of hydrogen-bond donors (Lipinski definition) is 2. The van der Waals surface area contributed by atoms with Gasteiger partial charge in [-0.05, 0) is 72.9 Å². The fourth-order valence-electron chi connectivity index (χ4n) is 2.42. The molecule has 0 aliphatic heterocycles. The van der Waals surface area contributed by atoms with Gasteiger partial charge in [0.15, 0.2) is 5.11 Å². The van der Waals surface area contributed by atoms with Crippen LogP contribution in [-0.4, -0.2) is 18.1 Å². The smallest absolute Gasteiger partial charge is 0.250 e. The van der Waals surface area contributed by atoms with Gasteiger partial charge < -0.3 is 14.5 Å². The summed E-state index contributed by atoms with van der Waals surface area (Å²) >= 11 is 17.2. The van der Waals surface area contributed by atoms with Crippen molar-refractivity contribution < 1.29 is 13.9 Å². The lowest BCUT2D eigenvalue weighted by molar-refractivity contribution is -0.115. The van der Waals surface area contributed by atoms with Crippen molar-refractivity contribution in [2.45, 2.75) is 0 Å². The Hall–Kier alpha value is -2.80. The van der Waals surface area contributed by atoms with E-state index in [0.29, 0.717) is 27.1 Å². The molecule has 2 N–H and O–H groups in total. The van der Waals surface area contributed by atoms with Crippen molar-refractivity contribution in [3.63, 3.8) is 0 Å². The van der Waals surface area contributed by atoms with Crippen molar-refractivity contribution in [1.82, 2.24) is 5.32 Å². The van der Waals surface area contributed by atoms with E-state index in [1.807, 2.05) is 0 Å². The molecule has 0 aliphatic rings. The summed E-state index contributed by atoms with van der Waals surface area (Å²) in [5.41, 5.74) is 1.45. The van der Waals surface area contributed by atoms with Gasteiger partial charge in [0.2, 0.25) is 5.91 Å². The summed E-state index contributed by atoms with van der Waals surface area (Å²) in [4.78, 5) is 12.1. The summed E-state index contributed by atoms with van der Waals surface area (Å²) in [6.45, 7) is 0. The number of nitrogens with one attached hydrogen (secondary N) is 2. The molecule has 0 saturated carbocycles.